The van der Waals surface area contributed by atoms with E-state index in [-0.39, 0.29) is 5.28 Å². The molecule has 20 heavy (non-hydrogen) atoms. The number of halogens is 1. The summed E-state index contributed by atoms with van der Waals surface area (Å²) in [5.74, 6) is 1.41. The Morgan fingerprint density at radius 1 is 1.25 bits per heavy atom. The van der Waals surface area contributed by atoms with Crippen molar-refractivity contribution >= 4 is 23.5 Å². The van der Waals surface area contributed by atoms with Crippen molar-refractivity contribution in [3.8, 4) is 0 Å². The molecule has 3 heterocycles. The van der Waals surface area contributed by atoms with E-state index in [1.807, 2.05) is 4.90 Å². The third-order valence-electron chi connectivity index (χ3n) is 2.68. The minimum Gasteiger partial charge on any atom is -0.378 e. The van der Waals surface area contributed by atoms with Crippen LogP contribution in [0.3, 0.4) is 0 Å². The summed E-state index contributed by atoms with van der Waals surface area (Å²) in [4.78, 5) is 14.5. The Bertz CT molecular complexity index is 557. The average Bonchev–Trinajstić information content (AvgIpc) is 2.99. The molecule has 2 aromatic rings. The van der Waals surface area contributed by atoms with Crippen molar-refractivity contribution in [2.24, 2.45) is 0 Å². The normalized spacial score (nSPS) is 15.3. The number of ether oxygens (including phenoxy) is 1. The molecule has 1 aliphatic rings. The highest BCUT2D eigenvalue weighted by molar-refractivity contribution is 6.28. The number of aromatic nitrogens is 7. The van der Waals surface area contributed by atoms with Crippen LogP contribution in [0.5, 0.6) is 0 Å². The zero-order valence-corrected chi connectivity index (χ0v) is 11.2. The fraction of sp³-hybridized carbons (Fsp3) is 0.556. The van der Waals surface area contributed by atoms with E-state index in [0.29, 0.717) is 37.5 Å². The summed E-state index contributed by atoms with van der Waals surface area (Å²) in [6.07, 6.45) is 0. The van der Waals surface area contributed by atoms with Crippen LogP contribution in [-0.4, -0.2) is 61.9 Å². The highest BCUT2D eigenvalue weighted by Crippen LogP contribution is 2.15. The summed E-state index contributed by atoms with van der Waals surface area (Å²) in [7, 11) is 0. The Kier molecular flexibility index (Phi) is 3.83. The molecule has 0 atom stereocenters. The molecule has 2 aromatic heterocycles. The first kappa shape index (κ1) is 12.9. The fourth-order valence-corrected chi connectivity index (χ4v) is 1.89. The Morgan fingerprint density at radius 3 is 2.85 bits per heavy atom. The van der Waals surface area contributed by atoms with E-state index < -0.39 is 0 Å². The van der Waals surface area contributed by atoms with E-state index >= 15 is 0 Å². The van der Waals surface area contributed by atoms with Gasteiger partial charge in [0, 0.05) is 13.1 Å². The second-order valence-electron chi connectivity index (χ2n) is 4.01. The molecule has 0 amide bonds. The minimum absolute atomic E-state index is 0.136. The molecule has 10 nitrogen and oxygen atoms in total. The van der Waals surface area contributed by atoms with Crippen LogP contribution in [0.4, 0.5) is 11.9 Å². The van der Waals surface area contributed by atoms with Gasteiger partial charge >= 0.3 is 0 Å². The summed E-state index contributed by atoms with van der Waals surface area (Å²) in [6, 6.07) is 0. The van der Waals surface area contributed by atoms with Gasteiger partial charge in [-0.2, -0.15) is 20.2 Å². The third-order valence-corrected chi connectivity index (χ3v) is 2.85. The number of anilines is 2. The van der Waals surface area contributed by atoms with Crippen molar-refractivity contribution in [2.45, 2.75) is 6.54 Å². The maximum atomic E-state index is 5.92. The Hall–Kier alpha value is -2.07. The lowest BCUT2D eigenvalue weighted by molar-refractivity contribution is 0.122. The van der Waals surface area contributed by atoms with Crippen molar-refractivity contribution in [3.05, 3.63) is 11.1 Å². The summed E-state index contributed by atoms with van der Waals surface area (Å²) in [6.45, 7) is 3.10. The van der Waals surface area contributed by atoms with Crippen molar-refractivity contribution < 1.29 is 4.74 Å². The first-order chi connectivity index (χ1) is 9.81. The molecule has 2 N–H and O–H groups in total. The molecule has 1 fully saturated rings. The quantitative estimate of drug-likeness (QED) is 0.769. The van der Waals surface area contributed by atoms with E-state index in [0.717, 1.165) is 13.1 Å². The number of hydrogen-bond acceptors (Lipinski definition) is 9. The van der Waals surface area contributed by atoms with Crippen LogP contribution in [-0.2, 0) is 11.3 Å². The first-order valence-electron chi connectivity index (χ1n) is 6.02. The largest absolute Gasteiger partial charge is 0.378 e. The highest BCUT2D eigenvalue weighted by Gasteiger charge is 2.16. The molecule has 106 valence electrons. The van der Waals surface area contributed by atoms with Gasteiger partial charge in [0.25, 0.3) is 0 Å². The molecule has 0 radical (unpaired) electrons. The molecular formula is C9H12ClN9O. The van der Waals surface area contributed by atoms with Crippen molar-refractivity contribution in [1.82, 2.24) is 35.6 Å². The van der Waals surface area contributed by atoms with Crippen LogP contribution in [0.15, 0.2) is 0 Å². The molecule has 1 saturated heterocycles. The highest BCUT2D eigenvalue weighted by atomic mass is 35.5. The van der Waals surface area contributed by atoms with Crippen molar-refractivity contribution in [1.29, 1.82) is 0 Å². The van der Waals surface area contributed by atoms with Gasteiger partial charge < -0.3 is 15.0 Å². The number of morpholine rings is 1. The maximum absolute atomic E-state index is 5.92. The van der Waals surface area contributed by atoms with Gasteiger partial charge in [0.2, 0.25) is 17.2 Å². The third kappa shape index (κ3) is 3.08. The number of hydrogen-bond donors (Lipinski definition) is 2. The number of rotatable bonds is 4. The predicted octanol–water partition coefficient (Wildman–Crippen LogP) is -0.513. The van der Waals surface area contributed by atoms with Gasteiger partial charge in [-0.1, -0.05) is 5.21 Å². The molecule has 1 aliphatic heterocycles. The SMILES string of the molecule is Clc1nc(NCc2nn[nH]n2)nc(N2CCOCC2)n1. The standard InChI is InChI=1S/C9H12ClN9O/c10-7-12-8(11-5-6-15-17-18-16-6)14-9(13-7)19-1-3-20-4-2-19/h1-5H2,(H,11,12,13,14)(H,15,16,17,18). The van der Waals surface area contributed by atoms with Crippen LogP contribution in [0.25, 0.3) is 0 Å². The summed E-state index contributed by atoms with van der Waals surface area (Å²) < 4.78 is 5.29. The maximum Gasteiger partial charge on any atom is 0.231 e. The lowest BCUT2D eigenvalue weighted by Crippen LogP contribution is -2.37. The number of nitrogens with zero attached hydrogens (tertiary/aromatic N) is 7. The first-order valence-corrected chi connectivity index (χ1v) is 6.39. The predicted molar refractivity (Wildman–Crippen MR) is 69.4 cm³/mol. The number of nitrogens with one attached hydrogen (secondary N) is 2. The minimum atomic E-state index is 0.136. The monoisotopic (exact) mass is 297 g/mol. The van der Waals surface area contributed by atoms with Gasteiger partial charge in [0.05, 0.1) is 19.8 Å². The number of H-pyrrole nitrogens is 1. The lowest BCUT2D eigenvalue weighted by atomic mass is 10.4. The zero-order chi connectivity index (χ0) is 13.8. The van der Waals surface area contributed by atoms with Crippen LogP contribution in [0.1, 0.15) is 5.82 Å². The van der Waals surface area contributed by atoms with E-state index in [9.17, 15) is 0 Å². The van der Waals surface area contributed by atoms with Crippen molar-refractivity contribution in [3.63, 3.8) is 0 Å². The fourth-order valence-electron chi connectivity index (χ4n) is 1.74. The summed E-state index contributed by atoms with van der Waals surface area (Å²) in [5.41, 5.74) is 0. The average molecular weight is 298 g/mol. The molecule has 0 spiro atoms. The zero-order valence-electron chi connectivity index (χ0n) is 10.5. The van der Waals surface area contributed by atoms with Gasteiger partial charge in [0.1, 0.15) is 0 Å². The lowest BCUT2D eigenvalue weighted by Gasteiger charge is -2.26. The molecule has 11 heteroatoms. The topological polar surface area (TPSA) is 118 Å². The van der Waals surface area contributed by atoms with Crippen molar-refractivity contribution in [2.75, 3.05) is 36.5 Å². The molecular weight excluding hydrogens is 286 g/mol. The van der Waals surface area contributed by atoms with Crippen LogP contribution >= 0.6 is 11.6 Å². The molecule has 0 aromatic carbocycles. The van der Waals surface area contributed by atoms with Gasteiger partial charge in [-0.15, -0.1) is 10.2 Å². The van der Waals surface area contributed by atoms with Gasteiger partial charge in [-0.25, -0.2) is 0 Å². The van der Waals surface area contributed by atoms with Gasteiger partial charge in [-0.05, 0) is 11.6 Å². The van der Waals surface area contributed by atoms with Gasteiger partial charge in [-0.3, -0.25) is 0 Å². The molecule has 3 rings (SSSR count). The molecule has 0 unspecified atom stereocenters. The van der Waals surface area contributed by atoms with E-state index in [4.69, 9.17) is 16.3 Å². The van der Waals surface area contributed by atoms with Crippen LogP contribution < -0.4 is 10.2 Å². The molecule has 0 saturated carbocycles. The van der Waals surface area contributed by atoms with Crippen LogP contribution in [0, 0.1) is 0 Å². The molecule has 0 aliphatic carbocycles. The van der Waals surface area contributed by atoms with Gasteiger partial charge in [0.15, 0.2) is 5.82 Å². The van der Waals surface area contributed by atoms with E-state index in [1.54, 1.807) is 0 Å². The smallest absolute Gasteiger partial charge is 0.231 e. The second-order valence-corrected chi connectivity index (χ2v) is 4.35. The second kappa shape index (κ2) is 5.92. The van der Waals surface area contributed by atoms with E-state index in [2.05, 4.69) is 40.9 Å². The number of tetrazole rings is 1. The summed E-state index contributed by atoms with van der Waals surface area (Å²) in [5, 5.41) is 16.6. The Balaban J connectivity index is 1.72. The Morgan fingerprint density at radius 2 is 2.10 bits per heavy atom. The van der Waals surface area contributed by atoms with Crippen LogP contribution in [0.2, 0.25) is 5.28 Å². The number of aromatic amines is 1. The molecule has 0 bridgehead atoms. The summed E-state index contributed by atoms with van der Waals surface area (Å²) >= 11 is 5.92. The Labute approximate surface area is 118 Å². The van der Waals surface area contributed by atoms with E-state index in [1.165, 1.54) is 0 Å².